The largest absolute Gasteiger partial charge is 0.497 e. The van der Waals surface area contributed by atoms with Gasteiger partial charge in [0.15, 0.2) is 5.96 Å². The quantitative estimate of drug-likeness (QED) is 0.388. The van der Waals surface area contributed by atoms with Crippen LogP contribution < -0.4 is 15.4 Å². The molecule has 0 amide bonds. The Kier molecular flexibility index (Phi) is 9.56. The maximum Gasteiger partial charge on any atom is 0.191 e. The molecule has 1 aliphatic heterocycles. The molecule has 1 aromatic rings. The van der Waals surface area contributed by atoms with Crippen LogP contribution in [0.25, 0.3) is 0 Å². The number of ether oxygens (including phenoxy) is 2. The van der Waals surface area contributed by atoms with Crippen LogP contribution in [-0.2, 0) is 10.2 Å². The SMILES string of the molecule is CCC(C)NC(=NC)NCC1(c2ccc(OC)cc2)CCOCC1.I. The fourth-order valence-electron chi connectivity index (χ4n) is 3.06. The van der Waals surface area contributed by atoms with Crippen molar-refractivity contribution in [3.05, 3.63) is 29.8 Å². The zero-order valence-electron chi connectivity index (χ0n) is 15.8. The van der Waals surface area contributed by atoms with E-state index in [1.165, 1.54) is 5.56 Å². The number of rotatable bonds is 6. The Morgan fingerprint density at radius 2 is 1.92 bits per heavy atom. The molecule has 142 valence electrons. The van der Waals surface area contributed by atoms with Gasteiger partial charge in [-0.2, -0.15) is 0 Å². The minimum atomic E-state index is 0. The predicted octanol–water partition coefficient (Wildman–Crippen LogP) is 3.32. The van der Waals surface area contributed by atoms with Gasteiger partial charge in [0.25, 0.3) is 0 Å². The number of hydrogen-bond acceptors (Lipinski definition) is 3. The fraction of sp³-hybridized carbons (Fsp3) is 0.632. The van der Waals surface area contributed by atoms with Gasteiger partial charge in [0.1, 0.15) is 5.75 Å². The van der Waals surface area contributed by atoms with Crippen LogP contribution in [0.4, 0.5) is 0 Å². The van der Waals surface area contributed by atoms with Crippen molar-refractivity contribution in [3.8, 4) is 5.75 Å². The number of nitrogens with one attached hydrogen (secondary N) is 2. The van der Waals surface area contributed by atoms with E-state index in [0.29, 0.717) is 6.04 Å². The van der Waals surface area contributed by atoms with Crippen molar-refractivity contribution < 1.29 is 9.47 Å². The summed E-state index contributed by atoms with van der Waals surface area (Å²) < 4.78 is 10.9. The van der Waals surface area contributed by atoms with Gasteiger partial charge < -0.3 is 20.1 Å². The van der Waals surface area contributed by atoms with Crippen LogP contribution in [0.2, 0.25) is 0 Å². The van der Waals surface area contributed by atoms with Gasteiger partial charge in [-0.25, -0.2) is 0 Å². The van der Waals surface area contributed by atoms with Gasteiger partial charge in [0.2, 0.25) is 0 Å². The molecule has 5 nitrogen and oxygen atoms in total. The van der Waals surface area contributed by atoms with Gasteiger partial charge in [-0.1, -0.05) is 19.1 Å². The number of guanidine groups is 1. The first-order chi connectivity index (χ1) is 11.6. The van der Waals surface area contributed by atoms with E-state index in [9.17, 15) is 0 Å². The summed E-state index contributed by atoms with van der Waals surface area (Å²) in [5.41, 5.74) is 1.40. The van der Waals surface area contributed by atoms with Gasteiger partial charge in [-0.05, 0) is 43.9 Å². The van der Waals surface area contributed by atoms with E-state index in [0.717, 1.165) is 50.7 Å². The number of methoxy groups -OCH3 is 1. The lowest BCUT2D eigenvalue weighted by molar-refractivity contribution is 0.0513. The van der Waals surface area contributed by atoms with Crippen molar-refractivity contribution in [2.75, 3.05) is 33.9 Å². The lowest BCUT2D eigenvalue weighted by Gasteiger charge is -2.38. The summed E-state index contributed by atoms with van der Waals surface area (Å²) in [5.74, 6) is 1.76. The molecule has 0 radical (unpaired) electrons. The third-order valence-electron chi connectivity index (χ3n) is 4.97. The van der Waals surface area contributed by atoms with Crippen molar-refractivity contribution in [2.24, 2.45) is 4.99 Å². The highest BCUT2D eigenvalue weighted by molar-refractivity contribution is 14.0. The molecule has 0 spiro atoms. The van der Waals surface area contributed by atoms with Crippen LogP contribution in [0, 0.1) is 0 Å². The van der Waals surface area contributed by atoms with E-state index in [1.54, 1.807) is 7.11 Å². The molecular formula is C19H32IN3O2. The monoisotopic (exact) mass is 461 g/mol. The third kappa shape index (κ3) is 6.02. The molecule has 2 N–H and O–H groups in total. The standard InChI is InChI=1S/C19H31N3O2.HI/c1-5-15(2)22-18(20-3)21-14-19(10-12-24-13-11-19)16-6-8-17(23-4)9-7-16;/h6-9,15H,5,10-14H2,1-4H3,(H2,20,21,22);1H. The van der Waals surface area contributed by atoms with Crippen molar-refractivity contribution in [2.45, 2.75) is 44.6 Å². The molecule has 25 heavy (non-hydrogen) atoms. The Hall–Kier alpha value is -1.02. The van der Waals surface area contributed by atoms with E-state index in [4.69, 9.17) is 9.47 Å². The number of hydrogen-bond donors (Lipinski definition) is 2. The second-order valence-corrected chi connectivity index (χ2v) is 6.50. The maximum absolute atomic E-state index is 5.61. The Balaban J connectivity index is 0.00000312. The minimum absolute atomic E-state index is 0. The number of benzene rings is 1. The van der Waals surface area contributed by atoms with Crippen LogP contribution in [0.3, 0.4) is 0 Å². The van der Waals surface area contributed by atoms with Gasteiger partial charge in [0.05, 0.1) is 7.11 Å². The van der Waals surface area contributed by atoms with Crippen LogP contribution in [0.15, 0.2) is 29.3 Å². The Labute approximate surface area is 169 Å². The molecule has 2 rings (SSSR count). The highest BCUT2D eigenvalue weighted by Gasteiger charge is 2.34. The van der Waals surface area contributed by atoms with Crippen molar-refractivity contribution in [3.63, 3.8) is 0 Å². The lowest BCUT2D eigenvalue weighted by atomic mass is 9.74. The van der Waals surface area contributed by atoms with E-state index >= 15 is 0 Å². The van der Waals surface area contributed by atoms with E-state index in [2.05, 4.69) is 41.6 Å². The number of aliphatic imine (C=N–C) groups is 1. The zero-order chi connectivity index (χ0) is 17.4. The molecule has 6 heteroatoms. The van der Waals surface area contributed by atoms with E-state index in [-0.39, 0.29) is 29.4 Å². The summed E-state index contributed by atoms with van der Waals surface area (Å²) in [6.45, 7) is 6.78. The fourth-order valence-corrected chi connectivity index (χ4v) is 3.06. The van der Waals surface area contributed by atoms with Crippen molar-refractivity contribution in [1.29, 1.82) is 0 Å². The summed E-state index contributed by atoms with van der Waals surface area (Å²) in [5, 5.41) is 6.95. The molecule has 1 heterocycles. The highest BCUT2D eigenvalue weighted by Crippen LogP contribution is 2.35. The van der Waals surface area contributed by atoms with Crippen LogP contribution >= 0.6 is 24.0 Å². The Morgan fingerprint density at radius 1 is 1.28 bits per heavy atom. The first-order valence-electron chi connectivity index (χ1n) is 8.83. The third-order valence-corrected chi connectivity index (χ3v) is 4.97. The molecule has 0 bridgehead atoms. The molecule has 1 saturated heterocycles. The number of halogens is 1. The highest BCUT2D eigenvalue weighted by atomic mass is 127. The molecule has 0 saturated carbocycles. The zero-order valence-corrected chi connectivity index (χ0v) is 18.1. The summed E-state index contributed by atoms with van der Waals surface area (Å²) >= 11 is 0. The molecule has 0 aliphatic carbocycles. The topological polar surface area (TPSA) is 54.9 Å². The maximum atomic E-state index is 5.61. The smallest absolute Gasteiger partial charge is 0.191 e. The second kappa shape index (κ2) is 10.9. The molecule has 1 fully saturated rings. The van der Waals surface area contributed by atoms with Gasteiger partial charge in [-0.3, -0.25) is 4.99 Å². The molecular weight excluding hydrogens is 429 g/mol. The second-order valence-electron chi connectivity index (χ2n) is 6.50. The van der Waals surface area contributed by atoms with Gasteiger partial charge in [-0.15, -0.1) is 24.0 Å². The average molecular weight is 461 g/mol. The number of nitrogens with zero attached hydrogens (tertiary/aromatic N) is 1. The van der Waals surface area contributed by atoms with Crippen LogP contribution in [0.1, 0.15) is 38.7 Å². The molecule has 1 aliphatic rings. The van der Waals surface area contributed by atoms with Gasteiger partial charge >= 0.3 is 0 Å². The molecule has 0 aromatic heterocycles. The van der Waals surface area contributed by atoms with Crippen molar-refractivity contribution in [1.82, 2.24) is 10.6 Å². The first-order valence-corrected chi connectivity index (χ1v) is 8.83. The first kappa shape index (κ1) is 22.0. The molecule has 1 atom stereocenters. The Bertz CT molecular complexity index is 528. The van der Waals surface area contributed by atoms with Crippen LogP contribution in [0.5, 0.6) is 5.75 Å². The molecule has 1 unspecified atom stereocenters. The molecule has 1 aromatic carbocycles. The predicted molar refractivity (Wildman–Crippen MR) is 114 cm³/mol. The van der Waals surface area contributed by atoms with E-state index < -0.39 is 0 Å². The summed E-state index contributed by atoms with van der Waals surface area (Å²) in [7, 11) is 3.52. The lowest BCUT2D eigenvalue weighted by Crippen LogP contribution is -2.49. The van der Waals surface area contributed by atoms with E-state index in [1.807, 2.05) is 19.2 Å². The summed E-state index contributed by atoms with van der Waals surface area (Å²) in [6, 6.07) is 8.84. The van der Waals surface area contributed by atoms with Crippen molar-refractivity contribution >= 4 is 29.9 Å². The minimum Gasteiger partial charge on any atom is -0.497 e. The van der Waals surface area contributed by atoms with Crippen LogP contribution in [-0.4, -0.2) is 45.9 Å². The normalized spacial score (nSPS) is 18.0. The summed E-state index contributed by atoms with van der Waals surface area (Å²) in [4.78, 5) is 4.36. The Morgan fingerprint density at radius 3 is 2.44 bits per heavy atom. The summed E-state index contributed by atoms with van der Waals surface area (Å²) in [6.07, 6.45) is 3.08. The average Bonchev–Trinajstić information content (AvgIpc) is 2.65. The van der Waals surface area contributed by atoms with Gasteiger partial charge in [0, 0.05) is 38.3 Å².